The smallest absolute Gasteiger partial charge is 0.170 e. The van der Waals surface area contributed by atoms with Crippen LogP contribution in [0.2, 0.25) is 0 Å². The lowest BCUT2D eigenvalue weighted by atomic mass is 9.82. The molecule has 2 aliphatic rings. The van der Waals surface area contributed by atoms with E-state index in [4.69, 9.17) is 20.6 Å². The number of hydrogen-bond acceptors (Lipinski definition) is 5. The lowest BCUT2D eigenvalue weighted by Crippen LogP contribution is -2.15. The second-order valence-corrected chi connectivity index (χ2v) is 10.3. The number of nitrogens with one attached hydrogen (secondary N) is 1. The van der Waals surface area contributed by atoms with Gasteiger partial charge < -0.3 is 15.2 Å². The van der Waals surface area contributed by atoms with Gasteiger partial charge in [-0.15, -0.1) is 0 Å². The summed E-state index contributed by atoms with van der Waals surface area (Å²) in [5.41, 5.74) is 12.9. The van der Waals surface area contributed by atoms with Gasteiger partial charge in [0.25, 0.3) is 0 Å². The number of ether oxygens (including phenoxy) is 2. The average molecular weight is 465 g/mol. The maximum absolute atomic E-state index is 8.58. The van der Waals surface area contributed by atoms with E-state index in [-0.39, 0.29) is 10.8 Å². The molecule has 0 saturated carbocycles. The molecule has 5 heteroatoms. The van der Waals surface area contributed by atoms with Crippen molar-refractivity contribution in [1.82, 2.24) is 0 Å². The van der Waals surface area contributed by atoms with Crippen LogP contribution in [0.5, 0.6) is 23.0 Å². The van der Waals surface area contributed by atoms with E-state index in [1.165, 1.54) is 34.0 Å². The fourth-order valence-corrected chi connectivity index (χ4v) is 5.63. The summed E-state index contributed by atoms with van der Waals surface area (Å²) in [6, 6.07) is 28.1. The number of nitrogens with two attached hydrogens (primary N) is 1. The molecule has 34 heavy (non-hydrogen) atoms. The zero-order chi connectivity index (χ0) is 23.4. The molecule has 1 unspecified atom stereocenters. The number of benzene rings is 4. The van der Waals surface area contributed by atoms with Crippen LogP contribution in [0.3, 0.4) is 0 Å². The Kier molecular flexibility index (Phi) is 4.80. The van der Waals surface area contributed by atoms with Crippen LogP contribution in [0.15, 0.2) is 84.9 Å². The van der Waals surface area contributed by atoms with Gasteiger partial charge in [-0.2, -0.15) is 0 Å². The van der Waals surface area contributed by atoms with Crippen molar-refractivity contribution in [3.05, 3.63) is 107 Å². The maximum Gasteiger partial charge on any atom is 0.170 e. The summed E-state index contributed by atoms with van der Waals surface area (Å²) < 4.78 is 12.6. The highest BCUT2D eigenvalue weighted by atomic mass is 32.2. The Labute approximate surface area is 203 Å². The third-order valence-electron chi connectivity index (χ3n) is 6.67. The molecular formula is C29H24N2O2S. The molecule has 1 heterocycles. The molecule has 0 aromatic heterocycles. The van der Waals surface area contributed by atoms with Crippen molar-refractivity contribution in [2.75, 3.05) is 0 Å². The Morgan fingerprint density at radius 1 is 0.765 bits per heavy atom. The predicted molar refractivity (Wildman–Crippen MR) is 138 cm³/mol. The first-order valence-electron chi connectivity index (χ1n) is 11.3. The topological polar surface area (TPSA) is 68.3 Å². The lowest BCUT2D eigenvalue weighted by molar-refractivity contribution is 0.359. The monoisotopic (exact) mass is 464 g/mol. The quantitative estimate of drug-likeness (QED) is 0.164. The van der Waals surface area contributed by atoms with E-state index < -0.39 is 0 Å². The molecule has 3 N–H and O–H groups in total. The Balaban J connectivity index is 1.30. The molecule has 0 bridgehead atoms. The minimum absolute atomic E-state index is 0.0989. The molecule has 168 valence electrons. The van der Waals surface area contributed by atoms with E-state index in [0.717, 1.165) is 16.9 Å². The Morgan fingerprint density at radius 3 is 2.26 bits per heavy atom. The Hall–Kier alpha value is -3.54. The van der Waals surface area contributed by atoms with Gasteiger partial charge in [0.15, 0.2) is 23.0 Å². The van der Waals surface area contributed by atoms with Crippen LogP contribution >= 0.6 is 11.8 Å². The van der Waals surface area contributed by atoms with Crippen LogP contribution in [0.4, 0.5) is 0 Å². The van der Waals surface area contributed by atoms with Gasteiger partial charge in [0.2, 0.25) is 0 Å². The second kappa shape index (κ2) is 7.76. The van der Waals surface area contributed by atoms with E-state index in [1.807, 2.05) is 48.5 Å². The van der Waals surface area contributed by atoms with Crippen molar-refractivity contribution < 1.29 is 9.47 Å². The zero-order valence-electron chi connectivity index (χ0n) is 19.0. The minimum atomic E-state index is -0.311. The normalized spacial score (nSPS) is 15.1. The maximum atomic E-state index is 8.58. The summed E-state index contributed by atoms with van der Waals surface area (Å²) in [5, 5.41) is 8.66. The van der Waals surface area contributed by atoms with E-state index in [0.29, 0.717) is 22.3 Å². The van der Waals surface area contributed by atoms with Crippen LogP contribution in [0.1, 0.15) is 41.5 Å². The summed E-state index contributed by atoms with van der Waals surface area (Å²) in [5.74, 6) is 2.66. The molecule has 0 saturated heterocycles. The predicted octanol–water partition coefficient (Wildman–Crippen LogP) is 7.61. The highest BCUT2D eigenvalue weighted by Gasteiger charge is 2.37. The van der Waals surface area contributed by atoms with Crippen molar-refractivity contribution >= 4 is 16.8 Å². The van der Waals surface area contributed by atoms with Gasteiger partial charge in [0, 0.05) is 11.0 Å². The van der Waals surface area contributed by atoms with Crippen LogP contribution in [-0.4, -0.2) is 5.04 Å². The Bertz CT molecular complexity index is 1450. The minimum Gasteiger partial charge on any atom is -0.450 e. The molecule has 0 fully saturated rings. The highest BCUT2D eigenvalue weighted by Crippen LogP contribution is 2.55. The van der Waals surface area contributed by atoms with E-state index in [1.54, 1.807) is 0 Å². The van der Waals surface area contributed by atoms with Crippen LogP contribution in [0.25, 0.3) is 11.1 Å². The van der Waals surface area contributed by atoms with E-state index in [2.05, 4.69) is 50.2 Å². The van der Waals surface area contributed by atoms with Gasteiger partial charge in [-0.1, -0.05) is 80.2 Å². The van der Waals surface area contributed by atoms with Gasteiger partial charge >= 0.3 is 0 Å². The van der Waals surface area contributed by atoms with Crippen molar-refractivity contribution in [2.45, 2.75) is 24.6 Å². The molecule has 1 aliphatic heterocycles. The first kappa shape index (κ1) is 21.0. The Morgan fingerprint density at radius 2 is 1.44 bits per heavy atom. The van der Waals surface area contributed by atoms with Gasteiger partial charge in [0.1, 0.15) is 0 Å². The van der Waals surface area contributed by atoms with Gasteiger partial charge in [-0.05, 0) is 58.1 Å². The SMILES string of the molecule is CC1(C)c2ccccc2-c2cc3c(cc21)Oc1ccc(C(=N)SC(N)c2ccccc2)cc1O3. The molecular weight excluding hydrogens is 440 g/mol. The average Bonchev–Trinajstić information content (AvgIpc) is 3.08. The van der Waals surface area contributed by atoms with Crippen molar-refractivity contribution in [2.24, 2.45) is 5.73 Å². The zero-order valence-corrected chi connectivity index (χ0v) is 19.8. The number of hydrogen-bond donors (Lipinski definition) is 2. The second-order valence-electron chi connectivity index (χ2n) is 9.16. The molecule has 1 aliphatic carbocycles. The van der Waals surface area contributed by atoms with Crippen molar-refractivity contribution in [3.63, 3.8) is 0 Å². The molecule has 6 rings (SSSR count). The highest BCUT2D eigenvalue weighted by molar-refractivity contribution is 8.14. The largest absolute Gasteiger partial charge is 0.450 e. The summed E-state index contributed by atoms with van der Waals surface area (Å²) in [4.78, 5) is 0. The molecule has 4 nitrogen and oxygen atoms in total. The summed E-state index contributed by atoms with van der Waals surface area (Å²) in [6.45, 7) is 4.49. The first-order valence-corrected chi connectivity index (χ1v) is 12.1. The van der Waals surface area contributed by atoms with Gasteiger partial charge in [0.05, 0.1) is 10.4 Å². The number of rotatable bonds is 3. The number of thioether (sulfide) groups is 1. The van der Waals surface area contributed by atoms with Gasteiger partial charge in [-0.3, -0.25) is 5.41 Å². The number of fused-ring (bicyclic) bond motifs is 5. The lowest BCUT2D eigenvalue weighted by Gasteiger charge is -2.25. The third kappa shape index (κ3) is 3.31. The molecule has 0 amide bonds. The summed E-state index contributed by atoms with van der Waals surface area (Å²) in [6.07, 6.45) is 0. The van der Waals surface area contributed by atoms with E-state index in [9.17, 15) is 0 Å². The molecule has 4 aromatic carbocycles. The molecule has 0 radical (unpaired) electrons. The fraction of sp³-hybridized carbons (Fsp3) is 0.138. The summed E-state index contributed by atoms with van der Waals surface area (Å²) >= 11 is 1.32. The van der Waals surface area contributed by atoms with Crippen molar-refractivity contribution in [1.29, 1.82) is 5.41 Å². The van der Waals surface area contributed by atoms with Crippen LogP contribution in [-0.2, 0) is 5.41 Å². The summed E-state index contributed by atoms with van der Waals surface area (Å²) in [7, 11) is 0. The molecule has 4 aromatic rings. The third-order valence-corrected chi connectivity index (χ3v) is 7.66. The standard InChI is InChI=1S/C29H24N2O2S/c1-29(2)21-11-7-6-10-19(21)20-15-25-26(16-22(20)29)32-23-13-12-18(14-24(23)33-25)28(31)34-27(30)17-8-4-3-5-9-17/h3-16,27,31H,30H2,1-2H3. The fourth-order valence-electron chi connectivity index (χ4n) is 4.82. The molecule has 0 spiro atoms. The van der Waals surface area contributed by atoms with Crippen LogP contribution in [0, 0.1) is 5.41 Å². The van der Waals surface area contributed by atoms with Crippen molar-refractivity contribution in [3.8, 4) is 34.1 Å². The van der Waals surface area contributed by atoms with Gasteiger partial charge in [-0.25, -0.2) is 0 Å². The van der Waals surface area contributed by atoms with E-state index >= 15 is 0 Å². The first-order chi connectivity index (χ1) is 16.4. The van der Waals surface area contributed by atoms with Crippen LogP contribution < -0.4 is 15.2 Å². The molecule has 1 atom stereocenters.